The number of rotatable bonds is 5. The zero-order valence-corrected chi connectivity index (χ0v) is 16.3. The van der Waals surface area contributed by atoms with E-state index in [0.717, 1.165) is 32.1 Å². The van der Waals surface area contributed by atoms with Gasteiger partial charge in [-0.15, -0.1) is 0 Å². The minimum absolute atomic E-state index is 0.309. The number of carbonyl (C=O) groups is 2. The summed E-state index contributed by atoms with van der Waals surface area (Å²) in [5.74, 6) is -2.22. The van der Waals surface area contributed by atoms with Gasteiger partial charge in [-0.25, -0.2) is 4.79 Å². The van der Waals surface area contributed by atoms with Gasteiger partial charge in [0.25, 0.3) is 0 Å². The third kappa shape index (κ3) is 3.90. The normalized spacial score (nSPS) is 33.9. The predicted octanol–water partition coefficient (Wildman–Crippen LogP) is 1.52. The zero-order valence-electron chi connectivity index (χ0n) is 16.3. The maximum Gasteiger partial charge on any atom is 0.337 e. The lowest BCUT2D eigenvalue weighted by atomic mass is 9.94. The van der Waals surface area contributed by atoms with Crippen LogP contribution in [0.15, 0.2) is 30.3 Å². The smallest absolute Gasteiger partial charge is 0.337 e. The highest BCUT2D eigenvalue weighted by molar-refractivity contribution is 5.75. The Morgan fingerprint density at radius 1 is 1.14 bits per heavy atom. The number of carboxylic acids is 1. The molecular formula is C21H27NO7. The number of carboxylic acid groups (broad SMARTS) is 1. The number of aliphatic hydroxyl groups is 1. The van der Waals surface area contributed by atoms with Crippen LogP contribution < -0.4 is 5.32 Å². The summed E-state index contributed by atoms with van der Waals surface area (Å²) < 4.78 is 18.3. The fourth-order valence-corrected chi connectivity index (χ4v) is 4.74. The van der Waals surface area contributed by atoms with E-state index in [1.807, 2.05) is 0 Å². The van der Waals surface area contributed by atoms with E-state index in [-0.39, 0.29) is 5.91 Å². The summed E-state index contributed by atoms with van der Waals surface area (Å²) >= 11 is 0. The van der Waals surface area contributed by atoms with E-state index in [2.05, 4.69) is 5.32 Å². The van der Waals surface area contributed by atoms with Gasteiger partial charge < -0.3 is 29.7 Å². The number of ether oxygens (including phenoxy) is 3. The highest BCUT2D eigenvalue weighted by atomic mass is 16.8. The lowest BCUT2D eigenvalue weighted by Gasteiger charge is -2.36. The quantitative estimate of drug-likeness (QED) is 0.680. The topological polar surface area (TPSA) is 114 Å². The Labute approximate surface area is 169 Å². The van der Waals surface area contributed by atoms with Gasteiger partial charge in [-0.2, -0.15) is 0 Å². The van der Waals surface area contributed by atoms with Gasteiger partial charge in [-0.05, 0) is 18.4 Å². The van der Waals surface area contributed by atoms with Gasteiger partial charge in [0, 0.05) is 19.8 Å². The van der Waals surface area contributed by atoms with Crippen molar-refractivity contribution < 1.29 is 34.0 Å². The standard InChI is InChI=1S/C21H27NO7/c1-12(23)22-14-17(27-16(20(25)26)13-8-4-2-5-9-13)15(24)19-18(14)28-21(29-19)10-6-3-7-11-21/h2,4-5,8-9,14-19,24H,3,6-7,10-11H2,1H3,(H,22,23)(H,25,26)/t14-,15+,16+,17+,18-,19+/m1/s1. The van der Waals surface area contributed by atoms with Crippen LogP contribution in [0.3, 0.4) is 0 Å². The maximum absolute atomic E-state index is 11.9. The van der Waals surface area contributed by atoms with Gasteiger partial charge in [0.05, 0.1) is 6.04 Å². The van der Waals surface area contributed by atoms with Crippen molar-refractivity contribution in [3.05, 3.63) is 35.9 Å². The summed E-state index contributed by atoms with van der Waals surface area (Å²) in [5.41, 5.74) is 0.455. The summed E-state index contributed by atoms with van der Waals surface area (Å²) in [6.45, 7) is 1.37. The molecule has 2 saturated carbocycles. The fraction of sp³-hybridized carbons (Fsp3) is 0.619. The molecule has 1 spiro atoms. The molecule has 1 amide bonds. The molecule has 4 rings (SSSR count). The van der Waals surface area contributed by atoms with Crippen molar-refractivity contribution >= 4 is 11.9 Å². The van der Waals surface area contributed by atoms with Crippen LogP contribution in [0.2, 0.25) is 0 Å². The molecule has 0 unspecified atom stereocenters. The molecule has 1 aromatic carbocycles. The molecule has 0 aromatic heterocycles. The van der Waals surface area contributed by atoms with E-state index in [1.54, 1.807) is 30.3 Å². The van der Waals surface area contributed by atoms with Crippen molar-refractivity contribution in [3.63, 3.8) is 0 Å². The summed E-state index contributed by atoms with van der Waals surface area (Å²) in [4.78, 5) is 23.7. The van der Waals surface area contributed by atoms with E-state index < -0.39 is 48.3 Å². The molecule has 1 saturated heterocycles. The van der Waals surface area contributed by atoms with E-state index in [1.165, 1.54) is 6.92 Å². The van der Waals surface area contributed by atoms with Crippen LogP contribution in [0.4, 0.5) is 0 Å². The lowest BCUT2D eigenvalue weighted by molar-refractivity contribution is -0.222. The number of fused-ring (bicyclic) bond motifs is 1. The summed E-state index contributed by atoms with van der Waals surface area (Å²) in [5, 5.41) is 23.4. The van der Waals surface area contributed by atoms with Crippen molar-refractivity contribution in [3.8, 4) is 0 Å². The lowest BCUT2D eigenvalue weighted by Crippen LogP contribution is -2.51. The van der Waals surface area contributed by atoms with Crippen LogP contribution in [0, 0.1) is 0 Å². The zero-order chi connectivity index (χ0) is 20.6. The summed E-state index contributed by atoms with van der Waals surface area (Å²) in [7, 11) is 0. The van der Waals surface area contributed by atoms with Gasteiger partial charge in [-0.3, -0.25) is 4.79 Å². The van der Waals surface area contributed by atoms with Crippen molar-refractivity contribution in [2.45, 2.75) is 81.4 Å². The molecule has 0 radical (unpaired) electrons. The van der Waals surface area contributed by atoms with E-state index in [0.29, 0.717) is 5.56 Å². The van der Waals surface area contributed by atoms with Gasteiger partial charge >= 0.3 is 5.97 Å². The van der Waals surface area contributed by atoms with Gasteiger partial charge in [0.15, 0.2) is 11.9 Å². The van der Waals surface area contributed by atoms with E-state index in [4.69, 9.17) is 14.2 Å². The molecule has 3 aliphatic rings. The number of amides is 1. The first kappa shape index (κ1) is 20.3. The molecule has 1 aromatic rings. The molecule has 1 aliphatic heterocycles. The third-order valence-electron chi connectivity index (χ3n) is 6.01. The molecule has 3 N–H and O–H groups in total. The van der Waals surface area contributed by atoms with Crippen LogP contribution in [-0.4, -0.2) is 58.3 Å². The Bertz CT molecular complexity index is 749. The van der Waals surface area contributed by atoms with Crippen molar-refractivity contribution in [1.29, 1.82) is 0 Å². The average Bonchev–Trinajstić information content (AvgIpc) is 3.15. The van der Waals surface area contributed by atoms with E-state index in [9.17, 15) is 19.8 Å². The van der Waals surface area contributed by atoms with Crippen LogP contribution in [-0.2, 0) is 23.8 Å². The molecule has 1 heterocycles. The average molecular weight is 405 g/mol. The molecule has 8 nitrogen and oxygen atoms in total. The molecule has 8 heteroatoms. The highest BCUT2D eigenvalue weighted by Gasteiger charge is 2.62. The van der Waals surface area contributed by atoms with Crippen molar-refractivity contribution in [2.75, 3.05) is 0 Å². The Morgan fingerprint density at radius 2 is 1.79 bits per heavy atom. The van der Waals surface area contributed by atoms with Crippen LogP contribution in [0.25, 0.3) is 0 Å². The Kier molecular flexibility index (Phi) is 5.61. The summed E-state index contributed by atoms with van der Waals surface area (Å²) in [6.07, 6.45) is -0.0913. The summed E-state index contributed by atoms with van der Waals surface area (Å²) in [6, 6.07) is 7.82. The molecule has 6 atom stereocenters. The van der Waals surface area contributed by atoms with Crippen LogP contribution in [0.5, 0.6) is 0 Å². The number of nitrogens with one attached hydrogen (secondary N) is 1. The second-order valence-electron chi connectivity index (χ2n) is 8.08. The first-order valence-electron chi connectivity index (χ1n) is 10.1. The Balaban J connectivity index is 1.58. The largest absolute Gasteiger partial charge is 0.479 e. The number of benzene rings is 1. The number of aliphatic hydroxyl groups excluding tert-OH is 1. The van der Waals surface area contributed by atoms with E-state index >= 15 is 0 Å². The van der Waals surface area contributed by atoms with Crippen LogP contribution in [0.1, 0.15) is 50.7 Å². The van der Waals surface area contributed by atoms with Gasteiger partial charge in [0.2, 0.25) is 5.91 Å². The highest BCUT2D eigenvalue weighted by Crippen LogP contribution is 2.47. The molecule has 158 valence electrons. The molecular weight excluding hydrogens is 378 g/mol. The second kappa shape index (κ2) is 8.02. The fourth-order valence-electron chi connectivity index (χ4n) is 4.74. The molecule has 29 heavy (non-hydrogen) atoms. The van der Waals surface area contributed by atoms with Gasteiger partial charge in [0.1, 0.15) is 24.4 Å². The number of hydrogen-bond acceptors (Lipinski definition) is 6. The first-order valence-corrected chi connectivity index (χ1v) is 10.1. The SMILES string of the molecule is CC(=O)N[C@@H]1[C@H](O[C@H](C(=O)O)c2ccccc2)[C@H](O)[C@@H]2OC3(CCCCC3)O[C@H]12. The first-order chi connectivity index (χ1) is 13.9. The third-order valence-corrected chi connectivity index (χ3v) is 6.01. The number of aliphatic carboxylic acids is 1. The second-order valence-corrected chi connectivity index (χ2v) is 8.08. The Morgan fingerprint density at radius 3 is 2.41 bits per heavy atom. The van der Waals surface area contributed by atoms with Crippen LogP contribution >= 0.6 is 0 Å². The minimum Gasteiger partial charge on any atom is -0.479 e. The van der Waals surface area contributed by atoms with Gasteiger partial charge in [-0.1, -0.05) is 36.8 Å². The number of carbonyl (C=O) groups excluding carboxylic acids is 1. The molecule has 2 aliphatic carbocycles. The maximum atomic E-state index is 11.9. The monoisotopic (exact) mass is 405 g/mol. The molecule has 3 fully saturated rings. The molecule has 0 bridgehead atoms. The number of hydrogen-bond donors (Lipinski definition) is 3. The van der Waals surface area contributed by atoms with Crippen molar-refractivity contribution in [1.82, 2.24) is 5.32 Å². The minimum atomic E-state index is -1.28. The van der Waals surface area contributed by atoms with Crippen molar-refractivity contribution in [2.24, 2.45) is 0 Å². The predicted molar refractivity (Wildman–Crippen MR) is 101 cm³/mol. The Hall–Kier alpha value is -2.00.